The SMILES string of the molecule is CCCC(C)n1cc(CNCC)c(C)n1. The molecule has 0 aliphatic carbocycles. The Kier molecular flexibility index (Phi) is 4.82. The third-order valence-electron chi connectivity index (χ3n) is 2.74. The molecule has 3 heteroatoms. The molecular weight excluding hydrogens is 186 g/mol. The van der Waals surface area contributed by atoms with Crippen LogP contribution < -0.4 is 5.32 Å². The summed E-state index contributed by atoms with van der Waals surface area (Å²) < 4.78 is 2.10. The minimum Gasteiger partial charge on any atom is -0.313 e. The summed E-state index contributed by atoms with van der Waals surface area (Å²) in [5.74, 6) is 0. The summed E-state index contributed by atoms with van der Waals surface area (Å²) in [6, 6.07) is 0.518. The van der Waals surface area contributed by atoms with Crippen LogP contribution in [0.5, 0.6) is 0 Å². The molecule has 86 valence electrons. The van der Waals surface area contributed by atoms with Crippen molar-refractivity contribution in [2.24, 2.45) is 0 Å². The highest BCUT2D eigenvalue weighted by Gasteiger charge is 2.08. The van der Waals surface area contributed by atoms with Crippen molar-refractivity contribution in [3.05, 3.63) is 17.5 Å². The van der Waals surface area contributed by atoms with E-state index in [4.69, 9.17) is 0 Å². The van der Waals surface area contributed by atoms with Crippen molar-refractivity contribution in [3.63, 3.8) is 0 Å². The maximum atomic E-state index is 4.56. The topological polar surface area (TPSA) is 29.9 Å². The zero-order valence-electron chi connectivity index (χ0n) is 10.4. The molecule has 0 aliphatic heterocycles. The Morgan fingerprint density at radius 1 is 1.47 bits per heavy atom. The molecular formula is C12H23N3. The predicted molar refractivity (Wildman–Crippen MR) is 64.0 cm³/mol. The fraction of sp³-hybridized carbons (Fsp3) is 0.750. The largest absolute Gasteiger partial charge is 0.313 e. The minimum absolute atomic E-state index is 0.518. The normalized spacial score (nSPS) is 13.1. The van der Waals surface area contributed by atoms with Crippen molar-refractivity contribution >= 4 is 0 Å². The molecule has 0 fully saturated rings. The molecule has 0 saturated heterocycles. The molecule has 0 radical (unpaired) electrons. The van der Waals surface area contributed by atoms with Crippen molar-refractivity contribution in [3.8, 4) is 0 Å². The number of hydrogen-bond acceptors (Lipinski definition) is 2. The van der Waals surface area contributed by atoms with Gasteiger partial charge in [0.25, 0.3) is 0 Å². The summed E-state index contributed by atoms with van der Waals surface area (Å²) in [5.41, 5.74) is 2.47. The van der Waals surface area contributed by atoms with Gasteiger partial charge < -0.3 is 5.32 Å². The van der Waals surface area contributed by atoms with Crippen molar-refractivity contribution in [2.45, 2.75) is 53.1 Å². The molecule has 1 heterocycles. The van der Waals surface area contributed by atoms with E-state index in [1.165, 1.54) is 18.4 Å². The van der Waals surface area contributed by atoms with E-state index in [1.807, 2.05) is 0 Å². The smallest absolute Gasteiger partial charge is 0.0638 e. The lowest BCUT2D eigenvalue weighted by Gasteiger charge is -2.09. The Bertz CT molecular complexity index is 291. The second-order valence-corrected chi connectivity index (χ2v) is 4.14. The Morgan fingerprint density at radius 3 is 2.80 bits per heavy atom. The molecule has 0 spiro atoms. The van der Waals surface area contributed by atoms with Crippen LogP contribution in [-0.4, -0.2) is 16.3 Å². The first-order valence-electron chi connectivity index (χ1n) is 5.94. The summed E-state index contributed by atoms with van der Waals surface area (Å²) >= 11 is 0. The maximum absolute atomic E-state index is 4.56. The third-order valence-corrected chi connectivity index (χ3v) is 2.74. The zero-order chi connectivity index (χ0) is 11.3. The summed E-state index contributed by atoms with van der Waals surface area (Å²) in [6.45, 7) is 10.6. The highest BCUT2D eigenvalue weighted by atomic mass is 15.3. The molecule has 1 rings (SSSR count). The minimum atomic E-state index is 0.518. The molecule has 0 saturated carbocycles. The number of aryl methyl sites for hydroxylation is 1. The van der Waals surface area contributed by atoms with E-state index in [0.29, 0.717) is 6.04 Å². The van der Waals surface area contributed by atoms with Crippen molar-refractivity contribution in [1.82, 2.24) is 15.1 Å². The van der Waals surface area contributed by atoms with Crippen molar-refractivity contribution in [2.75, 3.05) is 6.54 Å². The molecule has 1 unspecified atom stereocenters. The van der Waals surface area contributed by atoms with Gasteiger partial charge in [-0.25, -0.2) is 0 Å². The van der Waals surface area contributed by atoms with Gasteiger partial charge >= 0.3 is 0 Å². The maximum Gasteiger partial charge on any atom is 0.0638 e. The van der Waals surface area contributed by atoms with Crippen molar-refractivity contribution < 1.29 is 0 Å². The van der Waals surface area contributed by atoms with Gasteiger partial charge in [0, 0.05) is 24.3 Å². The van der Waals surface area contributed by atoms with Crippen LogP contribution in [-0.2, 0) is 6.54 Å². The van der Waals surface area contributed by atoms with E-state index in [0.717, 1.165) is 18.8 Å². The second kappa shape index (κ2) is 5.91. The van der Waals surface area contributed by atoms with Gasteiger partial charge in [0.1, 0.15) is 0 Å². The number of hydrogen-bond donors (Lipinski definition) is 1. The molecule has 0 amide bonds. The molecule has 3 nitrogen and oxygen atoms in total. The van der Waals surface area contributed by atoms with E-state index < -0.39 is 0 Å². The molecule has 1 N–H and O–H groups in total. The van der Waals surface area contributed by atoms with Gasteiger partial charge in [-0.15, -0.1) is 0 Å². The number of nitrogens with zero attached hydrogens (tertiary/aromatic N) is 2. The monoisotopic (exact) mass is 209 g/mol. The lowest BCUT2D eigenvalue weighted by molar-refractivity contribution is 0.452. The average molecular weight is 209 g/mol. The van der Waals surface area contributed by atoms with E-state index in [-0.39, 0.29) is 0 Å². The first-order chi connectivity index (χ1) is 7.19. The summed E-state index contributed by atoms with van der Waals surface area (Å²) in [6.07, 6.45) is 4.59. The first kappa shape index (κ1) is 12.2. The predicted octanol–water partition coefficient (Wildman–Crippen LogP) is 2.66. The third kappa shape index (κ3) is 3.34. The quantitative estimate of drug-likeness (QED) is 0.780. The molecule has 0 aromatic carbocycles. The average Bonchev–Trinajstić information content (AvgIpc) is 2.57. The van der Waals surface area contributed by atoms with Gasteiger partial charge in [-0.1, -0.05) is 20.3 Å². The van der Waals surface area contributed by atoms with E-state index in [1.54, 1.807) is 0 Å². The highest BCUT2D eigenvalue weighted by molar-refractivity contribution is 5.15. The molecule has 1 aromatic heterocycles. The summed E-state index contributed by atoms with van der Waals surface area (Å²) in [5, 5.41) is 7.90. The molecule has 1 aromatic rings. The highest BCUT2D eigenvalue weighted by Crippen LogP contribution is 2.15. The van der Waals surface area contributed by atoms with E-state index >= 15 is 0 Å². The summed E-state index contributed by atoms with van der Waals surface area (Å²) in [4.78, 5) is 0. The number of nitrogens with one attached hydrogen (secondary N) is 1. The van der Waals surface area contributed by atoms with Gasteiger partial charge in [0.15, 0.2) is 0 Å². The van der Waals surface area contributed by atoms with E-state index in [2.05, 4.69) is 49.0 Å². The molecule has 0 bridgehead atoms. The fourth-order valence-corrected chi connectivity index (χ4v) is 1.73. The Hall–Kier alpha value is -0.830. The van der Waals surface area contributed by atoms with Gasteiger partial charge in [-0.05, 0) is 26.8 Å². The van der Waals surface area contributed by atoms with Gasteiger partial charge in [-0.2, -0.15) is 5.10 Å². The van der Waals surface area contributed by atoms with Crippen molar-refractivity contribution in [1.29, 1.82) is 0 Å². The fourth-order valence-electron chi connectivity index (χ4n) is 1.73. The van der Waals surface area contributed by atoms with Crippen LogP contribution in [0.3, 0.4) is 0 Å². The molecule has 15 heavy (non-hydrogen) atoms. The molecule has 1 atom stereocenters. The van der Waals surface area contributed by atoms with Gasteiger partial charge in [0.2, 0.25) is 0 Å². The Morgan fingerprint density at radius 2 is 2.20 bits per heavy atom. The first-order valence-corrected chi connectivity index (χ1v) is 5.94. The molecule has 0 aliphatic rings. The summed E-state index contributed by atoms with van der Waals surface area (Å²) in [7, 11) is 0. The van der Waals surface area contributed by atoms with Gasteiger partial charge in [-0.3, -0.25) is 4.68 Å². The van der Waals surface area contributed by atoms with E-state index in [9.17, 15) is 0 Å². The standard InChI is InChI=1S/C12H23N3/c1-5-7-10(3)15-9-12(8-13-6-2)11(4)14-15/h9-10,13H,5-8H2,1-4H3. The number of aromatic nitrogens is 2. The van der Waals surface area contributed by atoms with Crippen LogP contribution in [0.1, 0.15) is 50.9 Å². The lowest BCUT2D eigenvalue weighted by Crippen LogP contribution is -2.11. The Labute approximate surface area is 92.9 Å². The Balaban J connectivity index is 2.67. The second-order valence-electron chi connectivity index (χ2n) is 4.14. The van der Waals surface area contributed by atoms with Crippen LogP contribution in [0.4, 0.5) is 0 Å². The van der Waals surface area contributed by atoms with Gasteiger partial charge in [0.05, 0.1) is 5.69 Å². The van der Waals surface area contributed by atoms with Crippen LogP contribution in [0, 0.1) is 6.92 Å². The van der Waals surface area contributed by atoms with Crippen LogP contribution in [0.25, 0.3) is 0 Å². The van der Waals surface area contributed by atoms with Crippen LogP contribution >= 0.6 is 0 Å². The number of rotatable bonds is 6. The van der Waals surface area contributed by atoms with Crippen LogP contribution in [0.15, 0.2) is 6.20 Å². The zero-order valence-corrected chi connectivity index (χ0v) is 10.4. The lowest BCUT2D eigenvalue weighted by atomic mass is 10.2. The van der Waals surface area contributed by atoms with Crippen LogP contribution in [0.2, 0.25) is 0 Å².